The van der Waals surface area contributed by atoms with Crippen LogP contribution in [0.15, 0.2) is 23.0 Å². The molecule has 0 saturated carbocycles. The van der Waals surface area contributed by atoms with Gasteiger partial charge in [-0.2, -0.15) is 0 Å². The van der Waals surface area contributed by atoms with Crippen LogP contribution in [0.2, 0.25) is 0 Å². The van der Waals surface area contributed by atoms with Gasteiger partial charge in [0.15, 0.2) is 0 Å². The second kappa shape index (κ2) is 5.19. The van der Waals surface area contributed by atoms with Crippen LogP contribution in [-0.2, 0) is 9.53 Å². The SMILES string of the molecule is COC(=O)C(C)(C)[C@H](N)c1ccoc1.Cl. The highest BCUT2D eigenvalue weighted by molar-refractivity contribution is 5.85. The molecule has 0 amide bonds. The molecule has 0 aliphatic rings. The van der Waals surface area contributed by atoms with Gasteiger partial charge in [0.25, 0.3) is 0 Å². The van der Waals surface area contributed by atoms with Crippen molar-refractivity contribution in [1.29, 1.82) is 0 Å². The lowest BCUT2D eigenvalue weighted by Crippen LogP contribution is -2.37. The van der Waals surface area contributed by atoms with Crippen LogP contribution < -0.4 is 5.73 Å². The Balaban J connectivity index is 0.00000196. The average molecular weight is 234 g/mol. The molecule has 1 aromatic heterocycles. The number of nitrogens with two attached hydrogens (primary N) is 1. The average Bonchev–Trinajstić information content (AvgIpc) is 2.67. The Kier molecular flexibility index (Phi) is 4.84. The van der Waals surface area contributed by atoms with Crippen molar-refractivity contribution in [1.82, 2.24) is 0 Å². The summed E-state index contributed by atoms with van der Waals surface area (Å²) in [7, 11) is 1.35. The van der Waals surface area contributed by atoms with Crippen molar-refractivity contribution in [3.63, 3.8) is 0 Å². The number of ether oxygens (including phenoxy) is 1. The normalized spacial score (nSPS) is 12.8. The van der Waals surface area contributed by atoms with Crippen LogP contribution >= 0.6 is 12.4 Å². The largest absolute Gasteiger partial charge is 0.472 e. The van der Waals surface area contributed by atoms with E-state index in [1.165, 1.54) is 19.6 Å². The quantitative estimate of drug-likeness (QED) is 0.810. The van der Waals surface area contributed by atoms with Gasteiger partial charge in [-0.25, -0.2) is 0 Å². The Morgan fingerprint density at radius 1 is 1.60 bits per heavy atom. The lowest BCUT2D eigenvalue weighted by atomic mass is 9.82. The highest BCUT2D eigenvalue weighted by atomic mass is 35.5. The van der Waals surface area contributed by atoms with Crippen LogP contribution in [-0.4, -0.2) is 13.1 Å². The molecule has 5 heteroatoms. The predicted octanol–water partition coefficient (Wildman–Crippen LogP) is 1.90. The van der Waals surface area contributed by atoms with Gasteiger partial charge in [-0.3, -0.25) is 4.79 Å². The van der Waals surface area contributed by atoms with Crippen LogP contribution in [0, 0.1) is 5.41 Å². The maximum absolute atomic E-state index is 11.4. The molecule has 0 unspecified atom stereocenters. The maximum atomic E-state index is 11.4. The van der Waals surface area contributed by atoms with Gasteiger partial charge in [0.1, 0.15) is 0 Å². The standard InChI is InChI=1S/C10H15NO3.ClH/c1-10(2,9(12)13-3)8(11)7-4-5-14-6-7;/h4-6,8H,11H2,1-3H3;1H/t8-;/m1./s1. The van der Waals surface area contributed by atoms with Crippen molar-refractivity contribution in [3.8, 4) is 0 Å². The van der Waals surface area contributed by atoms with Gasteiger partial charge in [-0.05, 0) is 19.9 Å². The number of rotatable bonds is 3. The first-order valence-electron chi connectivity index (χ1n) is 4.36. The third kappa shape index (κ3) is 2.73. The Labute approximate surface area is 95.2 Å². The third-order valence-electron chi connectivity index (χ3n) is 2.39. The minimum Gasteiger partial charge on any atom is -0.472 e. The monoisotopic (exact) mass is 233 g/mol. The third-order valence-corrected chi connectivity index (χ3v) is 2.39. The minimum atomic E-state index is -0.751. The number of furan rings is 1. The number of halogens is 1. The highest BCUT2D eigenvalue weighted by Gasteiger charge is 2.36. The molecule has 1 rings (SSSR count). The first kappa shape index (κ1) is 14.0. The molecule has 0 aliphatic carbocycles. The minimum absolute atomic E-state index is 0. The Hall–Kier alpha value is -1.00. The van der Waals surface area contributed by atoms with Gasteiger partial charge in [0.05, 0.1) is 25.1 Å². The molecule has 86 valence electrons. The van der Waals surface area contributed by atoms with E-state index in [9.17, 15) is 4.79 Å². The molecular weight excluding hydrogens is 218 g/mol. The summed E-state index contributed by atoms with van der Waals surface area (Å²) in [6.07, 6.45) is 3.07. The van der Waals surface area contributed by atoms with E-state index in [4.69, 9.17) is 10.2 Å². The Bertz CT molecular complexity index is 308. The first-order valence-corrected chi connectivity index (χ1v) is 4.36. The number of esters is 1. The molecule has 0 bridgehead atoms. The molecule has 1 heterocycles. The van der Waals surface area contributed by atoms with Gasteiger partial charge >= 0.3 is 5.97 Å². The number of hydrogen-bond donors (Lipinski definition) is 1. The molecular formula is C10H16ClNO3. The second-order valence-electron chi connectivity index (χ2n) is 3.75. The van der Waals surface area contributed by atoms with Gasteiger partial charge in [-0.15, -0.1) is 12.4 Å². The van der Waals surface area contributed by atoms with Gasteiger partial charge in [0.2, 0.25) is 0 Å². The summed E-state index contributed by atoms with van der Waals surface area (Å²) in [5.41, 5.74) is 5.97. The molecule has 2 N–H and O–H groups in total. The zero-order valence-corrected chi connectivity index (χ0v) is 9.84. The smallest absolute Gasteiger partial charge is 0.313 e. The van der Waals surface area contributed by atoms with Crippen molar-refractivity contribution in [2.75, 3.05) is 7.11 Å². The fraction of sp³-hybridized carbons (Fsp3) is 0.500. The molecule has 0 aliphatic heterocycles. The molecule has 4 nitrogen and oxygen atoms in total. The molecule has 1 aromatic rings. The summed E-state index contributed by atoms with van der Waals surface area (Å²) in [4.78, 5) is 11.4. The van der Waals surface area contributed by atoms with E-state index in [-0.39, 0.29) is 18.4 Å². The van der Waals surface area contributed by atoms with Crippen molar-refractivity contribution in [3.05, 3.63) is 24.2 Å². The maximum Gasteiger partial charge on any atom is 0.313 e. The number of carbonyl (C=O) groups is 1. The van der Waals surface area contributed by atoms with E-state index in [2.05, 4.69) is 4.74 Å². The van der Waals surface area contributed by atoms with Crippen LogP contribution in [0.3, 0.4) is 0 Å². The van der Waals surface area contributed by atoms with Crippen molar-refractivity contribution in [2.24, 2.45) is 11.1 Å². The molecule has 0 aromatic carbocycles. The van der Waals surface area contributed by atoms with E-state index in [1.807, 2.05) is 0 Å². The summed E-state index contributed by atoms with van der Waals surface area (Å²) in [6, 6.07) is 1.32. The molecule has 1 atom stereocenters. The summed E-state index contributed by atoms with van der Waals surface area (Å²) in [5.74, 6) is -0.328. The summed E-state index contributed by atoms with van der Waals surface area (Å²) < 4.78 is 9.60. The van der Waals surface area contributed by atoms with Gasteiger partial charge in [-0.1, -0.05) is 0 Å². The fourth-order valence-corrected chi connectivity index (χ4v) is 1.26. The topological polar surface area (TPSA) is 65.5 Å². The zero-order valence-electron chi connectivity index (χ0n) is 9.02. The van der Waals surface area contributed by atoms with E-state index < -0.39 is 11.5 Å². The molecule has 15 heavy (non-hydrogen) atoms. The number of carbonyl (C=O) groups excluding carboxylic acids is 1. The van der Waals surface area contributed by atoms with Crippen molar-refractivity contribution >= 4 is 18.4 Å². The van der Waals surface area contributed by atoms with Gasteiger partial charge in [0, 0.05) is 11.6 Å². The lowest BCUT2D eigenvalue weighted by Gasteiger charge is -2.27. The molecule has 0 saturated heterocycles. The summed E-state index contributed by atoms with van der Waals surface area (Å²) in [6.45, 7) is 3.49. The van der Waals surface area contributed by atoms with Crippen molar-refractivity contribution < 1.29 is 13.9 Å². The second-order valence-corrected chi connectivity index (χ2v) is 3.75. The Morgan fingerprint density at radius 2 is 2.20 bits per heavy atom. The molecule has 0 radical (unpaired) electrons. The zero-order chi connectivity index (χ0) is 10.8. The van der Waals surface area contributed by atoms with Crippen LogP contribution in [0.5, 0.6) is 0 Å². The van der Waals surface area contributed by atoms with E-state index in [0.29, 0.717) is 0 Å². The van der Waals surface area contributed by atoms with Crippen LogP contribution in [0.1, 0.15) is 25.5 Å². The van der Waals surface area contributed by atoms with E-state index in [1.54, 1.807) is 19.9 Å². The Morgan fingerprint density at radius 3 is 2.60 bits per heavy atom. The lowest BCUT2D eigenvalue weighted by molar-refractivity contribution is -0.152. The molecule has 0 spiro atoms. The van der Waals surface area contributed by atoms with E-state index >= 15 is 0 Å². The first-order chi connectivity index (χ1) is 6.50. The highest BCUT2D eigenvalue weighted by Crippen LogP contribution is 2.32. The number of methoxy groups -OCH3 is 1. The van der Waals surface area contributed by atoms with Gasteiger partial charge < -0.3 is 14.9 Å². The fourth-order valence-electron chi connectivity index (χ4n) is 1.26. The molecule has 0 fully saturated rings. The predicted molar refractivity (Wildman–Crippen MR) is 58.7 cm³/mol. The van der Waals surface area contributed by atoms with E-state index in [0.717, 1.165) is 5.56 Å². The van der Waals surface area contributed by atoms with Crippen LogP contribution in [0.25, 0.3) is 0 Å². The summed E-state index contributed by atoms with van der Waals surface area (Å²) >= 11 is 0. The van der Waals surface area contributed by atoms with Crippen LogP contribution in [0.4, 0.5) is 0 Å². The van der Waals surface area contributed by atoms with Crippen molar-refractivity contribution in [2.45, 2.75) is 19.9 Å². The number of hydrogen-bond acceptors (Lipinski definition) is 4. The summed E-state index contributed by atoms with van der Waals surface area (Å²) in [5, 5.41) is 0.